The van der Waals surface area contributed by atoms with Gasteiger partial charge < -0.3 is 10.5 Å². The number of Topliss-reactive ketones (excluding diaryl/α,β-unsaturated/α-hetero) is 1. The van der Waals surface area contributed by atoms with Crippen molar-refractivity contribution in [1.29, 1.82) is 5.26 Å². The molecular formula is C14H14N3O7S+. The van der Waals surface area contributed by atoms with E-state index in [0.29, 0.717) is 0 Å². The lowest BCUT2D eigenvalue weighted by molar-refractivity contribution is -0.387. The molecule has 1 atom stereocenters. The number of nitro benzene ring substituents is 1. The molecule has 1 aromatic rings. The van der Waals surface area contributed by atoms with E-state index in [9.17, 15) is 28.1 Å². The lowest BCUT2D eigenvalue weighted by Crippen LogP contribution is -2.51. The van der Waals surface area contributed by atoms with Crippen LogP contribution in [0.25, 0.3) is 0 Å². The average molecular weight is 368 g/mol. The minimum absolute atomic E-state index is 0.0386. The van der Waals surface area contributed by atoms with Gasteiger partial charge >= 0.3 is 5.97 Å². The van der Waals surface area contributed by atoms with Crippen LogP contribution < -0.4 is 5.73 Å². The van der Waals surface area contributed by atoms with E-state index < -0.39 is 49.6 Å². The first-order chi connectivity index (χ1) is 11.5. The molecule has 0 aliphatic heterocycles. The molecule has 0 fully saturated rings. The summed E-state index contributed by atoms with van der Waals surface area (Å²) < 4.78 is 27.7. The summed E-state index contributed by atoms with van der Waals surface area (Å²) in [5.74, 6) is -3.07. The third kappa shape index (κ3) is 4.93. The Morgan fingerprint density at radius 1 is 1.48 bits per heavy atom. The second-order valence-corrected chi connectivity index (χ2v) is 6.96. The normalized spacial score (nSPS) is 11.9. The summed E-state index contributed by atoms with van der Waals surface area (Å²) in [5.41, 5.74) is 2.31. The number of nitriles is 1. The van der Waals surface area contributed by atoms with Gasteiger partial charge in [0.15, 0.2) is 28.1 Å². The number of nitrogens with zero attached hydrogens (tertiary/aromatic N) is 2. The van der Waals surface area contributed by atoms with E-state index in [-0.39, 0.29) is 11.3 Å². The predicted molar refractivity (Wildman–Crippen MR) is 82.6 cm³/mol. The molecule has 0 unspecified atom stereocenters. The van der Waals surface area contributed by atoms with Gasteiger partial charge in [0.05, 0.1) is 16.6 Å². The molecule has 0 heterocycles. The Hall–Kier alpha value is -3.10. The number of sulfone groups is 1. The maximum absolute atomic E-state index is 11.9. The summed E-state index contributed by atoms with van der Waals surface area (Å²) >= 11 is 0. The smallest absolute Gasteiger partial charge is 0.338 e. The van der Waals surface area contributed by atoms with E-state index >= 15 is 0 Å². The van der Waals surface area contributed by atoms with Crippen molar-refractivity contribution in [3.05, 3.63) is 46.2 Å². The van der Waals surface area contributed by atoms with Crippen molar-refractivity contribution in [3.63, 3.8) is 0 Å². The Morgan fingerprint density at radius 3 is 2.52 bits per heavy atom. The number of ether oxygens (including phenoxy) is 1. The van der Waals surface area contributed by atoms with E-state index in [1.807, 2.05) is 0 Å². The number of esters is 1. The minimum Gasteiger partial charge on any atom is -0.454 e. The fourth-order valence-corrected chi connectivity index (χ4v) is 2.62. The van der Waals surface area contributed by atoms with E-state index in [2.05, 4.69) is 12.3 Å². The highest BCUT2D eigenvalue weighted by molar-refractivity contribution is 7.90. The predicted octanol–water partition coefficient (Wildman–Crippen LogP) is -0.380. The summed E-state index contributed by atoms with van der Waals surface area (Å²) in [6, 6.07) is 4.33. The van der Waals surface area contributed by atoms with Crippen LogP contribution >= 0.6 is 0 Å². The van der Waals surface area contributed by atoms with Crippen molar-refractivity contribution in [2.24, 2.45) is 5.92 Å². The molecule has 0 bridgehead atoms. The first-order valence-corrected chi connectivity index (χ1v) is 8.47. The summed E-state index contributed by atoms with van der Waals surface area (Å²) in [5, 5.41) is 19.8. The number of allylic oxidation sites excluding steroid dienone is 1. The van der Waals surface area contributed by atoms with Gasteiger partial charge in [0, 0.05) is 12.3 Å². The molecular weight excluding hydrogens is 354 g/mol. The fourth-order valence-electron chi connectivity index (χ4n) is 1.79. The summed E-state index contributed by atoms with van der Waals surface area (Å²) in [4.78, 5) is 33.1. The van der Waals surface area contributed by atoms with Crippen molar-refractivity contribution in [1.82, 2.24) is 0 Å². The molecule has 3 N–H and O–H groups in total. The number of nitro groups is 1. The number of carbonyl (C=O) groups excluding carboxylic acids is 2. The van der Waals surface area contributed by atoms with Crippen LogP contribution in [0.1, 0.15) is 10.4 Å². The van der Waals surface area contributed by atoms with Crippen molar-refractivity contribution >= 4 is 27.3 Å². The summed E-state index contributed by atoms with van der Waals surface area (Å²) in [6.45, 7) is 2.61. The molecule has 0 radical (unpaired) electrons. The molecule has 10 nitrogen and oxygen atoms in total. The Kier molecular flexibility index (Phi) is 6.10. The summed E-state index contributed by atoms with van der Waals surface area (Å²) in [6.07, 6.45) is 0.791. The second-order valence-electron chi connectivity index (χ2n) is 4.97. The van der Waals surface area contributed by atoms with Crippen LogP contribution in [-0.4, -0.2) is 38.0 Å². The van der Waals surface area contributed by atoms with Crippen molar-refractivity contribution in [2.75, 3.05) is 12.9 Å². The Labute approximate surface area is 142 Å². The Morgan fingerprint density at radius 2 is 2.08 bits per heavy atom. The number of ketones is 1. The van der Waals surface area contributed by atoms with Gasteiger partial charge in [-0.2, -0.15) is 5.26 Å². The van der Waals surface area contributed by atoms with Gasteiger partial charge in [0.1, 0.15) is 10.6 Å². The molecule has 0 spiro atoms. The van der Waals surface area contributed by atoms with Crippen LogP contribution in [0, 0.1) is 27.4 Å². The molecule has 0 aliphatic rings. The molecule has 0 saturated heterocycles. The van der Waals surface area contributed by atoms with Crippen LogP contribution in [0.15, 0.2) is 35.4 Å². The van der Waals surface area contributed by atoms with Crippen LogP contribution in [0.3, 0.4) is 0 Å². The zero-order valence-corrected chi connectivity index (χ0v) is 13.9. The molecule has 0 aromatic heterocycles. The van der Waals surface area contributed by atoms with Gasteiger partial charge in [-0.05, 0) is 18.7 Å². The highest BCUT2D eigenvalue weighted by Crippen LogP contribution is 2.25. The SMILES string of the molecule is C=C([NH3+])[C@H](C#N)C(=O)COC(=O)c1ccc(S(C)(=O)=O)c([N+](=O)[O-])c1. The number of hydrogen-bond acceptors (Lipinski definition) is 8. The number of quaternary nitrogens is 1. The maximum Gasteiger partial charge on any atom is 0.338 e. The number of hydrogen-bond donors (Lipinski definition) is 1. The zero-order valence-electron chi connectivity index (χ0n) is 13.1. The molecule has 1 rings (SSSR count). The van der Waals surface area contributed by atoms with Crippen molar-refractivity contribution in [2.45, 2.75) is 4.90 Å². The molecule has 25 heavy (non-hydrogen) atoms. The lowest BCUT2D eigenvalue weighted by atomic mass is 10.0. The second kappa shape index (κ2) is 7.65. The highest BCUT2D eigenvalue weighted by atomic mass is 32.2. The number of carbonyl (C=O) groups is 2. The molecule has 0 aliphatic carbocycles. The van der Waals surface area contributed by atoms with Gasteiger partial charge in [-0.15, -0.1) is 0 Å². The first-order valence-electron chi connectivity index (χ1n) is 6.57. The lowest BCUT2D eigenvalue weighted by Gasteiger charge is -2.07. The van der Waals surface area contributed by atoms with Gasteiger partial charge in [0.2, 0.25) is 0 Å². The Bertz CT molecular complexity index is 899. The third-order valence-electron chi connectivity index (χ3n) is 3.00. The fraction of sp³-hybridized carbons (Fsp3) is 0.214. The van der Waals surface area contributed by atoms with Crippen molar-refractivity contribution < 1.29 is 33.4 Å². The highest BCUT2D eigenvalue weighted by Gasteiger charge is 2.26. The minimum atomic E-state index is -3.87. The van der Waals surface area contributed by atoms with Crippen LogP contribution in [0.2, 0.25) is 0 Å². The molecule has 11 heteroatoms. The third-order valence-corrected chi connectivity index (χ3v) is 4.14. The monoisotopic (exact) mass is 368 g/mol. The maximum atomic E-state index is 11.9. The van der Waals surface area contributed by atoms with E-state index in [0.717, 1.165) is 24.5 Å². The largest absolute Gasteiger partial charge is 0.454 e. The van der Waals surface area contributed by atoms with Crippen LogP contribution in [0.4, 0.5) is 5.69 Å². The van der Waals surface area contributed by atoms with Gasteiger partial charge in [-0.1, -0.05) is 0 Å². The number of benzene rings is 1. The van der Waals surface area contributed by atoms with E-state index in [1.54, 1.807) is 6.07 Å². The standard InChI is InChI=1S/C14H13N3O7S/c1-8(16)10(6-15)12(18)7-24-14(19)9-3-4-13(25(2,22)23)11(5-9)17(20)21/h3-5,10H,1,7,16H2,2H3/p+1/t10-/m0/s1. The van der Waals surface area contributed by atoms with Crippen LogP contribution in [0.5, 0.6) is 0 Å². The average Bonchev–Trinajstić information content (AvgIpc) is 2.51. The van der Waals surface area contributed by atoms with Gasteiger partial charge in [-0.25, -0.2) is 13.2 Å². The quantitative estimate of drug-likeness (QED) is 0.385. The van der Waals surface area contributed by atoms with Gasteiger partial charge in [-0.3, -0.25) is 14.9 Å². The molecule has 0 amide bonds. The van der Waals surface area contributed by atoms with Gasteiger partial charge in [0.25, 0.3) is 5.69 Å². The number of rotatable bonds is 7. The van der Waals surface area contributed by atoms with Crippen LogP contribution in [-0.2, 0) is 19.4 Å². The molecule has 0 saturated carbocycles. The van der Waals surface area contributed by atoms with E-state index in [1.165, 1.54) is 0 Å². The van der Waals surface area contributed by atoms with Crippen molar-refractivity contribution in [3.8, 4) is 6.07 Å². The molecule has 1 aromatic carbocycles. The summed E-state index contributed by atoms with van der Waals surface area (Å²) in [7, 11) is -3.87. The topological polar surface area (TPSA) is 172 Å². The Balaban J connectivity index is 3.03. The molecule has 132 valence electrons. The van der Waals surface area contributed by atoms with E-state index in [4.69, 9.17) is 10.00 Å². The first kappa shape index (κ1) is 19.9. The zero-order chi connectivity index (χ0) is 19.4.